The molecule has 0 fully saturated rings. The summed E-state index contributed by atoms with van der Waals surface area (Å²) in [6.45, 7) is 8.34. The molecule has 0 saturated heterocycles. The topological polar surface area (TPSA) is 40.7 Å². The Morgan fingerprint density at radius 2 is 2.12 bits per heavy atom. The maximum atomic E-state index is 4.63. The Kier molecular flexibility index (Phi) is 3.25. The van der Waals surface area contributed by atoms with Gasteiger partial charge in [-0.15, -0.1) is 0 Å². The normalized spacial score (nSPS) is 11.2. The van der Waals surface area contributed by atoms with E-state index in [1.54, 1.807) is 0 Å². The first-order chi connectivity index (χ1) is 7.70. The molecule has 0 aliphatic carbocycles. The number of hydrogen-bond donors (Lipinski definition) is 2. The lowest BCUT2D eigenvalue weighted by molar-refractivity contribution is 0.702. The number of nitrogens with zero attached hydrogens (tertiary/aromatic N) is 1. The summed E-state index contributed by atoms with van der Waals surface area (Å²) in [5.74, 6) is 1.07. The summed E-state index contributed by atoms with van der Waals surface area (Å²) < 4.78 is 0. The average Bonchev–Trinajstić information content (AvgIpc) is 2.61. The van der Waals surface area contributed by atoms with Gasteiger partial charge in [0.2, 0.25) is 0 Å². The van der Waals surface area contributed by atoms with E-state index in [2.05, 4.69) is 48.2 Å². The molecule has 2 rings (SSSR count). The standard InChI is InChI=1S/C13H19N3/c1-4-14-6-5-12-15-11-8-9(2)7-10(3)13(11)16-12/h7-8,14H,4-6H2,1-3H3,(H,15,16). The van der Waals surface area contributed by atoms with Gasteiger partial charge >= 0.3 is 0 Å². The summed E-state index contributed by atoms with van der Waals surface area (Å²) in [5, 5.41) is 3.31. The molecule has 0 aliphatic heterocycles. The second-order valence-electron chi connectivity index (χ2n) is 4.27. The van der Waals surface area contributed by atoms with Crippen LogP contribution in [0.15, 0.2) is 12.1 Å². The number of rotatable bonds is 4. The number of likely N-dealkylation sites (N-methyl/N-ethyl adjacent to an activating group) is 1. The maximum absolute atomic E-state index is 4.63. The molecular formula is C13H19N3. The number of aromatic nitrogens is 2. The van der Waals surface area contributed by atoms with Crippen molar-refractivity contribution in [2.45, 2.75) is 27.2 Å². The van der Waals surface area contributed by atoms with Crippen molar-refractivity contribution in [2.75, 3.05) is 13.1 Å². The fraction of sp³-hybridized carbons (Fsp3) is 0.462. The van der Waals surface area contributed by atoms with Crippen LogP contribution in [0.3, 0.4) is 0 Å². The predicted octanol–water partition coefficient (Wildman–Crippen LogP) is 2.33. The Labute approximate surface area is 96.3 Å². The van der Waals surface area contributed by atoms with Gasteiger partial charge in [-0.3, -0.25) is 0 Å². The number of fused-ring (bicyclic) bond motifs is 1. The number of benzene rings is 1. The van der Waals surface area contributed by atoms with Gasteiger partial charge in [-0.25, -0.2) is 4.98 Å². The maximum Gasteiger partial charge on any atom is 0.108 e. The Balaban J connectivity index is 2.26. The lowest BCUT2D eigenvalue weighted by Gasteiger charge is -1.96. The zero-order valence-electron chi connectivity index (χ0n) is 10.2. The highest BCUT2D eigenvalue weighted by molar-refractivity contribution is 5.79. The third-order valence-electron chi connectivity index (χ3n) is 2.76. The molecule has 1 heterocycles. The first-order valence-corrected chi connectivity index (χ1v) is 5.87. The van der Waals surface area contributed by atoms with Crippen LogP contribution in [0.2, 0.25) is 0 Å². The summed E-state index contributed by atoms with van der Waals surface area (Å²) in [6.07, 6.45) is 0.959. The lowest BCUT2D eigenvalue weighted by Crippen LogP contribution is -2.16. The van der Waals surface area contributed by atoms with Crippen LogP contribution >= 0.6 is 0 Å². The Morgan fingerprint density at radius 1 is 1.31 bits per heavy atom. The highest BCUT2D eigenvalue weighted by Gasteiger charge is 2.05. The molecule has 0 unspecified atom stereocenters. The molecule has 86 valence electrons. The number of H-pyrrole nitrogens is 1. The summed E-state index contributed by atoms with van der Waals surface area (Å²) in [6, 6.07) is 4.34. The SMILES string of the molecule is CCNCCc1nc2c(C)cc(C)cc2[nH]1. The first kappa shape index (κ1) is 11.1. The number of aryl methyl sites for hydroxylation is 2. The fourth-order valence-electron chi connectivity index (χ4n) is 2.02. The largest absolute Gasteiger partial charge is 0.342 e. The molecule has 0 saturated carbocycles. The van der Waals surface area contributed by atoms with Crippen LogP contribution in [0.5, 0.6) is 0 Å². The van der Waals surface area contributed by atoms with E-state index in [0.717, 1.165) is 36.4 Å². The average molecular weight is 217 g/mol. The van der Waals surface area contributed by atoms with Gasteiger partial charge in [0.1, 0.15) is 5.82 Å². The van der Waals surface area contributed by atoms with Crippen LogP contribution in [0.25, 0.3) is 11.0 Å². The molecule has 0 amide bonds. The molecular weight excluding hydrogens is 198 g/mol. The van der Waals surface area contributed by atoms with E-state index in [-0.39, 0.29) is 0 Å². The molecule has 0 bridgehead atoms. The van der Waals surface area contributed by atoms with E-state index in [9.17, 15) is 0 Å². The van der Waals surface area contributed by atoms with Crippen LogP contribution in [0.1, 0.15) is 23.9 Å². The van der Waals surface area contributed by atoms with E-state index in [1.165, 1.54) is 11.1 Å². The zero-order valence-corrected chi connectivity index (χ0v) is 10.2. The zero-order chi connectivity index (χ0) is 11.5. The van der Waals surface area contributed by atoms with Gasteiger partial charge in [0.25, 0.3) is 0 Å². The van der Waals surface area contributed by atoms with Gasteiger partial charge in [0, 0.05) is 13.0 Å². The fourth-order valence-corrected chi connectivity index (χ4v) is 2.02. The predicted molar refractivity (Wildman–Crippen MR) is 67.8 cm³/mol. The minimum atomic E-state index is 0.959. The van der Waals surface area contributed by atoms with Gasteiger partial charge in [0.05, 0.1) is 11.0 Å². The van der Waals surface area contributed by atoms with Crippen molar-refractivity contribution in [3.05, 3.63) is 29.1 Å². The third-order valence-corrected chi connectivity index (χ3v) is 2.76. The lowest BCUT2D eigenvalue weighted by atomic mass is 10.1. The van der Waals surface area contributed by atoms with Crippen molar-refractivity contribution in [3.63, 3.8) is 0 Å². The second-order valence-corrected chi connectivity index (χ2v) is 4.27. The summed E-state index contributed by atoms with van der Waals surface area (Å²) in [5.41, 5.74) is 4.80. The van der Waals surface area contributed by atoms with E-state index >= 15 is 0 Å². The van der Waals surface area contributed by atoms with E-state index < -0.39 is 0 Å². The monoisotopic (exact) mass is 217 g/mol. The van der Waals surface area contributed by atoms with Crippen LogP contribution < -0.4 is 5.32 Å². The van der Waals surface area contributed by atoms with Crippen molar-refractivity contribution in [3.8, 4) is 0 Å². The molecule has 3 heteroatoms. The van der Waals surface area contributed by atoms with Gasteiger partial charge in [-0.1, -0.05) is 13.0 Å². The molecule has 0 spiro atoms. The summed E-state index contributed by atoms with van der Waals surface area (Å²) in [4.78, 5) is 8.01. The molecule has 2 aromatic rings. The van der Waals surface area contributed by atoms with Crippen molar-refractivity contribution in [1.29, 1.82) is 0 Å². The Morgan fingerprint density at radius 3 is 2.88 bits per heavy atom. The number of imidazole rings is 1. The third kappa shape index (κ3) is 2.25. The Hall–Kier alpha value is -1.35. The number of aromatic amines is 1. The van der Waals surface area contributed by atoms with Gasteiger partial charge in [-0.2, -0.15) is 0 Å². The molecule has 1 aromatic carbocycles. The molecule has 1 aromatic heterocycles. The highest BCUT2D eigenvalue weighted by Crippen LogP contribution is 2.18. The summed E-state index contributed by atoms with van der Waals surface area (Å²) >= 11 is 0. The number of hydrogen-bond acceptors (Lipinski definition) is 2. The van der Waals surface area contributed by atoms with E-state index in [4.69, 9.17) is 0 Å². The van der Waals surface area contributed by atoms with E-state index in [1.807, 2.05) is 0 Å². The van der Waals surface area contributed by atoms with Crippen LogP contribution in [-0.4, -0.2) is 23.1 Å². The quantitative estimate of drug-likeness (QED) is 0.772. The van der Waals surface area contributed by atoms with Crippen LogP contribution in [0.4, 0.5) is 0 Å². The number of nitrogens with one attached hydrogen (secondary N) is 2. The van der Waals surface area contributed by atoms with Crippen molar-refractivity contribution in [1.82, 2.24) is 15.3 Å². The molecule has 3 nitrogen and oxygen atoms in total. The van der Waals surface area contributed by atoms with E-state index in [0.29, 0.717) is 0 Å². The molecule has 0 radical (unpaired) electrons. The minimum absolute atomic E-state index is 0.959. The molecule has 0 aliphatic rings. The summed E-state index contributed by atoms with van der Waals surface area (Å²) in [7, 11) is 0. The van der Waals surface area contributed by atoms with Crippen LogP contribution in [-0.2, 0) is 6.42 Å². The second kappa shape index (κ2) is 4.66. The minimum Gasteiger partial charge on any atom is -0.342 e. The van der Waals surface area contributed by atoms with Crippen molar-refractivity contribution >= 4 is 11.0 Å². The molecule has 16 heavy (non-hydrogen) atoms. The first-order valence-electron chi connectivity index (χ1n) is 5.87. The van der Waals surface area contributed by atoms with Crippen molar-refractivity contribution < 1.29 is 0 Å². The molecule has 2 N–H and O–H groups in total. The van der Waals surface area contributed by atoms with Gasteiger partial charge < -0.3 is 10.3 Å². The van der Waals surface area contributed by atoms with Gasteiger partial charge in [-0.05, 0) is 37.6 Å². The van der Waals surface area contributed by atoms with Gasteiger partial charge in [0.15, 0.2) is 0 Å². The Bertz CT molecular complexity index is 485. The molecule has 0 atom stereocenters. The van der Waals surface area contributed by atoms with Crippen molar-refractivity contribution in [2.24, 2.45) is 0 Å². The van der Waals surface area contributed by atoms with Crippen LogP contribution in [0, 0.1) is 13.8 Å². The highest BCUT2D eigenvalue weighted by atomic mass is 14.9. The smallest absolute Gasteiger partial charge is 0.108 e.